The van der Waals surface area contributed by atoms with Crippen LogP contribution in [0.2, 0.25) is 0 Å². The third-order valence-corrected chi connectivity index (χ3v) is 3.01. The fourth-order valence-electron chi connectivity index (χ4n) is 1.90. The van der Waals surface area contributed by atoms with Gasteiger partial charge in [0.25, 0.3) is 0 Å². The van der Waals surface area contributed by atoms with Gasteiger partial charge in [-0.25, -0.2) is 9.59 Å². The summed E-state index contributed by atoms with van der Waals surface area (Å²) in [5, 5.41) is 42.3. The molecule has 23 heavy (non-hydrogen) atoms. The van der Waals surface area contributed by atoms with Crippen LogP contribution < -0.4 is 5.73 Å². The number of piperidine rings is 1. The lowest BCUT2D eigenvalue weighted by atomic mass is 9.96. The molecular weight excluding hydrogens is 316 g/mol. The Morgan fingerprint density at radius 1 is 1.04 bits per heavy atom. The first kappa shape index (κ1) is 20.6. The van der Waals surface area contributed by atoms with Crippen molar-refractivity contribution in [3.05, 3.63) is 0 Å². The molecule has 0 saturated carbocycles. The van der Waals surface area contributed by atoms with Crippen LogP contribution in [0.5, 0.6) is 0 Å². The fourth-order valence-corrected chi connectivity index (χ4v) is 1.90. The molecule has 11 heteroatoms. The van der Waals surface area contributed by atoms with E-state index in [9.17, 15) is 19.2 Å². The van der Waals surface area contributed by atoms with Crippen LogP contribution in [0.4, 0.5) is 4.79 Å². The molecule has 132 valence electrons. The van der Waals surface area contributed by atoms with Crippen LogP contribution in [-0.2, 0) is 14.4 Å². The van der Waals surface area contributed by atoms with E-state index in [0.29, 0.717) is 13.1 Å². The lowest BCUT2D eigenvalue weighted by molar-refractivity contribution is -0.170. The van der Waals surface area contributed by atoms with Crippen molar-refractivity contribution in [2.45, 2.75) is 37.3 Å². The second-order valence-electron chi connectivity index (χ2n) is 5.11. The predicted octanol–water partition coefficient (Wildman–Crippen LogP) is -1.16. The van der Waals surface area contributed by atoms with Gasteiger partial charge in [-0.15, -0.1) is 0 Å². The molecule has 0 radical (unpaired) electrons. The number of carboxylic acids is 3. The summed E-state index contributed by atoms with van der Waals surface area (Å²) in [7, 11) is 0. The molecule has 1 saturated heterocycles. The average molecular weight is 336 g/mol. The van der Waals surface area contributed by atoms with Crippen molar-refractivity contribution in [3.63, 3.8) is 0 Å². The first-order chi connectivity index (χ1) is 10.5. The molecule has 0 aromatic heterocycles. The largest absolute Gasteiger partial charge is 0.481 e. The quantitative estimate of drug-likeness (QED) is 0.356. The van der Waals surface area contributed by atoms with Crippen molar-refractivity contribution in [2.75, 3.05) is 13.1 Å². The van der Waals surface area contributed by atoms with E-state index in [1.54, 1.807) is 0 Å². The zero-order chi connectivity index (χ0) is 18.2. The van der Waals surface area contributed by atoms with Crippen molar-refractivity contribution >= 4 is 24.0 Å². The number of carbonyl (C=O) groups is 4. The molecule has 7 N–H and O–H groups in total. The van der Waals surface area contributed by atoms with Gasteiger partial charge in [0.1, 0.15) is 0 Å². The van der Waals surface area contributed by atoms with Gasteiger partial charge < -0.3 is 36.2 Å². The molecular formula is C12H20N2O9. The molecule has 1 heterocycles. The van der Waals surface area contributed by atoms with Crippen molar-refractivity contribution in [1.29, 1.82) is 0 Å². The van der Waals surface area contributed by atoms with Crippen molar-refractivity contribution in [1.82, 2.24) is 4.90 Å². The van der Waals surface area contributed by atoms with Gasteiger partial charge in [-0.2, -0.15) is 0 Å². The fraction of sp³-hybridized carbons (Fsp3) is 0.667. The summed E-state index contributed by atoms with van der Waals surface area (Å²) >= 11 is 0. The van der Waals surface area contributed by atoms with Crippen LogP contribution in [0, 0.1) is 0 Å². The normalized spacial score (nSPS) is 17.7. The second-order valence-corrected chi connectivity index (χ2v) is 5.11. The standard InChI is InChI=1S/C6H12N2O2.C6H8O7/c7-5-2-1-3-8(4-5)6(9)10;7-3(8)1-6(13,5(11)12)2-4(9)10/h5H,1-4,7H2,(H,9,10);13H,1-2H2,(H,7,8)(H,9,10)(H,11,12)/t5-;/m1./s1. The Hall–Kier alpha value is -2.40. The highest BCUT2D eigenvalue weighted by Crippen LogP contribution is 2.15. The Labute approximate surface area is 130 Å². The first-order valence-electron chi connectivity index (χ1n) is 6.60. The van der Waals surface area contributed by atoms with Gasteiger partial charge in [0.15, 0.2) is 5.60 Å². The number of aliphatic carboxylic acids is 3. The summed E-state index contributed by atoms with van der Waals surface area (Å²) < 4.78 is 0. The van der Waals surface area contributed by atoms with Crippen LogP contribution in [-0.4, -0.2) is 79.2 Å². The summed E-state index contributed by atoms with van der Waals surface area (Å²) in [6.45, 7) is 1.14. The highest BCUT2D eigenvalue weighted by atomic mass is 16.4. The number of hydrogen-bond donors (Lipinski definition) is 6. The van der Waals surface area contributed by atoms with Crippen LogP contribution in [0.25, 0.3) is 0 Å². The summed E-state index contributed by atoms with van der Waals surface area (Å²) in [6, 6.07) is 0.0462. The molecule has 1 aliphatic rings. The van der Waals surface area contributed by atoms with E-state index in [4.69, 9.17) is 31.3 Å². The van der Waals surface area contributed by atoms with Crippen molar-refractivity contribution in [2.24, 2.45) is 5.73 Å². The average Bonchev–Trinajstić information content (AvgIpc) is 2.37. The number of nitrogens with two attached hydrogens (primary N) is 1. The molecule has 0 aromatic rings. The number of hydrogen-bond acceptors (Lipinski definition) is 6. The van der Waals surface area contributed by atoms with Crippen LogP contribution in [0.1, 0.15) is 25.7 Å². The minimum absolute atomic E-state index is 0.0462. The predicted molar refractivity (Wildman–Crippen MR) is 73.9 cm³/mol. The van der Waals surface area contributed by atoms with E-state index in [2.05, 4.69) is 0 Å². The lowest BCUT2D eigenvalue weighted by Crippen LogP contribution is -2.45. The third kappa shape index (κ3) is 7.97. The highest BCUT2D eigenvalue weighted by Gasteiger charge is 2.40. The van der Waals surface area contributed by atoms with Gasteiger partial charge in [-0.05, 0) is 12.8 Å². The zero-order valence-electron chi connectivity index (χ0n) is 12.2. The van der Waals surface area contributed by atoms with E-state index in [1.165, 1.54) is 4.90 Å². The molecule has 0 spiro atoms. The highest BCUT2D eigenvalue weighted by molar-refractivity contribution is 5.88. The molecule has 1 atom stereocenters. The van der Waals surface area contributed by atoms with E-state index >= 15 is 0 Å². The monoisotopic (exact) mass is 336 g/mol. The second kappa shape index (κ2) is 8.90. The first-order valence-corrected chi connectivity index (χ1v) is 6.60. The molecule has 1 aliphatic heterocycles. The van der Waals surface area contributed by atoms with Gasteiger partial charge in [-0.3, -0.25) is 9.59 Å². The van der Waals surface area contributed by atoms with Crippen molar-refractivity contribution < 1.29 is 44.7 Å². The Morgan fingerprint density at radius 3 is 1.78 bits per heavy atom. The zero-order valence-corrected chi connectivity index (χ0v) is 12.2. The minimum Gasteiger partial charge on any atom is -0.481 e. The molecule has 1 amide bonds. The molecule has 0 bridgehead atoms. The molecule has 0 unspecified atom stereocenters. The molecule has 1 rings (SSSR count). The number of nitrogens with zero attached hydrogens (tertiary/aromatic N) is 1. The third-order valence-electron chi connectivity index (χ3n) is 3.01. The molecule has 0 aliphatic carbocycles. The van der Waals surface area contributed by atoms with Crippen molar-refractivity contribution in [3.8, 4) is 0 Å². The van der Waals surface area contributed by atoms with E-state index in [1.807, 2.05) is 0 Å². The van der Waals surface area contributed by atoms with Crippen LogP contribution in [0.3, 0.4) is 0 Å². The maximum Gasteiger partial charge on any atom is 0.407 e. The molecule has 0 aromatic carbocycles. The van der Waals surface area contributed by atoms with Gasteiger partial charge >= 0.3 is 24.0 Å². The number of carboxylic acid groups (broad SMARTS) is 4. The number of aliphatic hydroxyl groups is 1. The maximum absolute atomic E-state index is 10.4. The SMILES string of the molecule is N[C@@H]1CCCN(C(=O)O)C1.O=C(O)CC(O)(CC(=O)O)C(=O)O. The van der Waals surface area contributed by atoms with E-state index in [-0.39, 0.29) is 6.04 Å². The van der Waals surface area contributed by atoms with Gasteiger partial charge in [0.05, 0.1) is 12.8 Å². The number of amides is 1. The summed E-state index contributed by atoms with van der Waals surface area (Å²) in [5.74, 6) is -5.02. The van der Waals surface area contributed by atoms with Gasteiger partial charge in [-0.1, -0.05) is 0 Å². The number of likely N-dealkylation sites (tertiary alicyclic amines) is 1. The van der Waals surface area contributed by atoms with Gasteiger partial charge in [0.2, 0.25) is 0 Å². The minimum atomic E-state index is -2.74. The Morgan fingerprint density at radius 2 is 1.52 bits per heavy atom. The summed E-state index contributed by atoms with van der Waals surface area (Å²) in [4.78, 5) is 42.2. The van der Waals surface area contributed by atoms with Crippen LogP contribution in [0.15, 0.2) is 0 Å². The van der Waals surface area contributed by atoms with Gasteiger partial charge in [0, 0.05) is 19.1 Å². The maximum atomic E-state index is 10.4. The van der Waals surface area contributed by atoms with E-state index in [0.717, 1.165) is 12.8 Å². The molecule has 1 fully saturated rings. The Balaban J connectivity index is 0.000000433. The van der Waals surface area contributed by atoms with E-state index < -0.39 is 42.4 Å². The van der Waals surface area contributed by atoms with Crippen LogP contribution >= 0.6 is 0 Å². The Bertz CT molecular complexity index is 449. The molecule has 11 nitrogen and oxygen atoms in total. The smallest absolute Gasteiger partial charge is 0.407 e. The topological polar surface area (TPSA) is 199 Å². The summed E-state index contributed by atoms with van der Waals surface area (Å²) in [5.41, 5.74) is 2.82. The summed E-state index contributed by atoms with van der Waals surface area (Å²) in [6.07, 6.45) is -1.30. The number of rotatable bonds is 5. The lowest BCUT2D eigenvalue weighted by Gasteiger charge is -2.27. The Kier molecular flexibility index (Phi) is 7.97.